The van der Waals surface area contributed by atoms with Gasteiger partial charge in [0.2, 0.25) is 5.91 Å². The smallest absolute Gasteiger partial charge is 0.256 e. The number of nitrogens with one attached hydrogen (secondary N) is 1. The molecule has 1 aromatic rings. The summed E-state index contributed by atoms with van der Waals surface area (Å²) in [5.74, 6) is 0.443. The van der Waals surface area contributed by atoms with Gasteiger partial charge >= 0.3 is 0 Å². The minimum Gasteiger partial charge on any atom is -0.371 e. The van der Waals surface area contributed by atoms with Crippen LogP contribution in [0.1, 0.15) is 49.4 Å². The lowest BCUT2D eigenvalue weighted by Crippen LogP contribution is -2.38. The number of hydrogen-bond acceptors (Lipinski definition) is 3. The molecule has 6 heteroatoms. The van der Waals surface area contributed by atoms with E-state index in [1.54, 1.807) is 0 Å². The fourth-order valence-corrected chi connectivity index (χ4v) is 3.84. The minimum absolute atomic E-state index is 0.0697. The Bertz CT molecular complexity index is 650. The first-order valence-electron chi connectivity index (χ1n) is 9.62. The molecule has 0 radical (unpaired) electrons. The van der Waals surface area contributed by atoms with Crippen molar-refractivity contribution in [2.24, 2.45) is 5.92 Å². The summed E-state index contributed by atoms with van der Waals surface area (Å²) in [6.07, 6.45) is 5.59. The number of likely N-dealkylation sites (tertiary alicyclic amines) is 1. The molecule has 142 valence electrons. The van der Waals surface area contributed by atoms with Crippen LogP contribution in [0.5, 0.6) is 0 Å². The van der Waals surface area contributed by atoms with E-state index in [1.807, 2.05) is 23.1 Å². The first kappa shape index (κ1) is 19.0. The quantitative estimate of drug-likeness (QED) is 0.813. The van der Waals surface area contributed by atoms with Gasteiger partial charge in [-0.1, -0.05) is 6.92 Å². The average Bonchev–Trinajstić information content (AvgIpc) is 2.68. The van der Waals surface area contributed by atoms with Gasteiger partial charge in [-0.3, -0.25) is 9.59 Å². The van der Waals surface area contributed by atoms with Crippen LogP contribution in [0, 0.1) is 5.92 Å². The number of amides is 2. The highest BCUT2D eigenvalue weighted by atomic mass is 35.5. The van der Waals surface area contributed by atoms with E-state index in [0.29, 0.717) is 11.3 Å². The van der Waals surface area contributed by atoms with E-state index in [-0.39, 0.29) is 17.7 Å². The van der Waals surface area contributed by atoms with Crippen molar-refractivity contribution in [2.45, 2.75) is 39.0 Å². The Balaban J connectivity index is 1.89. The van der Waals surface area contributed by atoms with Gasteiger partial charge in [0.1, 0.15) is 5.88 Å². The Hall–Kier alpha value is -1.75. The lowest BCUT2D eigenvalue weighted by atomic mass is 9.97. The van der Waals surface area contributed by atoms with Crippen molar-refractivity contribution in [3.8, 4) is 0 Å². The number of rotatable bonds is 4. The van der Waals surface area contributed by atoms with Crippen LogP contribution in [0.15, 0.2) is 18.2 Å². The van der Waals surface area contributed by atoms with Crippen LogP contribution in [-0.2, 0) is 4.79 Å². The zero-order valence-corrected chi connectivity index (χ0v) is 16.2. The van der Waals surface area contributed by atoms with Crippen molar-refractivity contribution in [2.75, 3.05) is 42.3 Å². The molecule has 2 saturated heterocycles. The number of alkyl halides is 1. The maximum Gasteiger partial charge on any atom is 0.256 e. The zero-order chi connectivity index (χ0) is 18.5. The largest absolute Gasteiger partial charge is 0.371 e. The second kappa shape index (κ2) is 8.76. The Labute approximate surface area is 160 Å². The fourth-order valence-electron chi connectivity index (χ4n) is 3.77. The highest BCUT2D eigenvalue weighted by Crippen LogP contribution is 2.30. The molecule has 1 N–H and O–H groups in total. The summed E-state index contributed by atoms with van der Waals surface area (Å²) in [4.78, 5) is 29.1. The van der Waals surface area contributed by atoms with Gasteiger partial charge in [0.05, 0.1) is 5.56 Å². The molecular weight excluding hydrogens is 350 g/mol. The van der Waals surface area contributed by atoms with Gasteiger partial charge in [0.15, 0.2) is 0 Å². The van der Waals surface area contributed by atoms with E-state index < -0.39 is 0 Å². The Morgan fingerprint density at radius 1 is 1.12 bits per heavy atom. The predicted molar refractivity (Wildman–Crippen MR) is 106 cm³/mol. The predicted octanol–water partition coefficient (Wildman–Crippen LogP) is 3.73. The molecule has 2 fully saturated rings. The van der Waals surface area contributed by atoms with Crippen molar-refractivity contribution in [3.05, 3.63) is 23.8 Å². The molecule has 2 amide bonds. The normalized spacial score (nSPS) is 18.7. The SMILES string of the molecule is CC1CCN(c2ccc(NC(=O)CCl)cc2C(=O)N2CCCCC2)CC1. The number of nitrogens with zero attached hydrogens (tertiary/aromatic N) is 2. The molecule has 0 bridgehead atoms. The third-order valence-corrected chi connectivity index (χ3v) is 5.64. The summed E-state index contributed by atoms with van der Waals surface area (Å²) in [6, 6.07) is 5.65. The molecule has 0 aliphatic carbocycles. The van der Waals surface area contributed by atoms with E-state index >= 15 is 0 Å². The number of benzene rings is 1. The van der Waals surface area contributed by atoms with Crippen molar-refractivity contribution >= 4 is 34.8 Å². The molecule has 5 nitrogen and oxygen atoms in total. The molecule has 0 saturated carbocycles. The first-order valence-corrected chi connectivity index (χ1v) is 10.2. The Morgan fingerprint density at radius 2 is 1.81 bits per heavy atom. The topological polar surface area (TPSA) is 52.7 Å². The Morgan fingerprint density at radius 3 is 2.46 bits per heavy atom. The second-order valence-electron chi connectivity index (χ2n) is 7.44. The maximum atomic E-state index is 13.2. The van der Waals surface area contributed by atoms with Crippen molar-refractivity contribution in [1.29, 1.82) is 0 Å². The van der Waals surface area contributed by atoms with Crippen LogP contribution in [0.4, 0.5) is 11.4 Å². The lowest BCUT2D eigenvalue weighted by molar-refractivity contribution is -0.113. The Kier molecular flexibility index (Phi) is 6.41. The van der Waals surface area contributed by atoms with Crippen LogP contribution in [-0.4, -0.2) is 48.8 Å². The van der Waals surface area contributed by atoms with Gasteiger partial charge in [-0.05, 0) is 56.2 Å². The van der Waals surface area contributed by atoms with Gasteiger partial charge < -0.3 is 15.1 Å². The number of piperidine rings is 2. The van der Waals surface area contributed by atoms with E-state index in [9.17, 15) is 9.59 Å². The highest BCUT2D eigenvalue weighted by molar-refractivity contribution is 6.29. The maximum absolute atomic E-state index is 13.2. The van der Waals surface area contributed by atoms with Crippen molar-refractivity contribution in [3.63, 3.8) is 0 Å². The van der Waals surface area contributed by atoms with Crippen molar-refractivity contribution in [1.82, 2.24) is 4.90 Å². The third kappa shape index (κ3) is 4.50. The number of carbonyl (C=O) groups is 2. The number of carbonyl (C=O) groups excluding carboxylic acids is 2. The number of hydrogen-bond donors (Lipinski definition) is 1. The molecule has 0 aromatic heterocycles. The van der Waals surface area contributed by atoms with Crippen LogP contribution >= 0.6 is 11.6 Å². The van der Waals surface area contributed by atoms with Crippen LogP contribution < -0.4 is 10.2 Å². The summed E-state index contributed by atoms with van der Waals surface area (Å²) in [6.45, 7) is 5.84. The molecule has 2 aliphatic rings. The fraction of sp³-hybridized carbons (Fsp3) is 0.600. The molecular formula is C20H28ClN3O2. The van der Waals surface area contributed by atoms with Gasteiger partial charge in [-0.15, -0.1) is 11.6 Å². The summed E-state index contributed by atoms with van der Waals surface area (Å²) >= 11 is 5.60. The van der Waals surface area contributed by atoms with E-state index in [4.69, 9.17) is 11.6 Å². The number of anilines is 2. The van der Waals surface area contributed by atoms with E-state index in [2.05, 4.69) is 17.1 Å². The molecule has 0 atom stereocenters. The van der Waals surface area contributed by atoms with Crippen LogP contribution in [0.25, 0.3) is 0 Å². The monoisotopic (exact) mass is 377 g/mol. The summed E-state index contributed by atoms with van der Waals surface area (Å²) in [7, 11) is 0. The van der Waals surface area contributed by atoms with E-state index in [1.165, 1.54) is 6.42 Å². The summed E-state index contributed by atoms with van der Waals surface area (Å²) < 4.78 is 0. The highest BCUT2D eigenvalue weighted by Gasteiger charge is 2.25. The standard InChI is InChI=1S/C20H28ClN3O2/c1-15-7-11-23(12-8-15)18-6-5-16(22-19(25)14-21)13-17(18)20(26)24-9-3-2-4-10-24/h5-6,13,15H,2-4,7-12,14H2,1H3,(H,22,25). The molecule has 2 heterocycles. The molecule has 26 heavy (non-hydrogen) atoms. The third-order valence-electron chi connectivity index (χ3n) is 5.40. The van der Waals surface area contributed by atoms with Gasteiger partial charge in [0, 0.05) is 37.6 Å². The average molecular weight is 378 g/mol. The molecule has 3 rings (SSSR count). The van der Waals surface area contributed by atoms with E-state index in [0.717, 1.165) is 63.5 Å². The summed E-state index contributed by atoms with van der Waals surface area (Å²) in [5.41, 5.74) is 2.30. The van der Waals surface area contributed by atoms with Gasteiger partial charge in [-0.2, -0.15) is 0 Å². The molecule has 2 aliphatic heterocycles. The van der Waals surface area contributed by atoms with Gasteiger partial charge in [-0.25, -0.2) is 0 Å². The first-order chi connectivity index (χ1) is 12.6. The zero-order valence-electron chi connectivity index (χ0n) is 15.5. The molecule has 0 unspecified atom stereocenters. The molecule has 1 aromatic carbocycles. The second-order valence-corrected chi connectivity index (χ2v) is 7.70. The van der Waals surface area contributed by atoms with Crippen LogP contribution in [0.2, 0.25) is 0 Å². The van der Waals surface area contributed by atoms with Gasteiger partial charge in [0.25, 0.3) is 5.91 Å². The van der Waals surface area contributed by atoms with Crippen LogP contribution in [0.3, 0.4) is 0 Å². The lowest BCUT2D eigenvalue weighted by Gasteiger charge is -2.35. The minimum atomic E-state index is -0.261. The summed E-state index contributed by atoms with van der Waals surface area (Å²) in [5, 5.41) is 2.77. The number of halogens is 1. The molecule has 0 spiro atoms. The van der Waals surface area contributed by atoms with Crippen molar-refractivity contribution < 1.29 is 9.59 Å².